The molecule has 6 nitrogen and oxygen atoms in total. The van der Waals surface area contributed by atoms with E-state index in [-0.39, 0.29) is 19.1 Å². The molecule has 1 aliphatic heterocycles. The second-order valence-electron chi connectivity index (χ2n) is 7.85. The lowest BCUT2D eigenvalue weighted by molar-refractivity contribution is -0.132. The quantitative estimate of drug-likeness (QED) is 0.484. The van der Waals surface area contributed by atoms with Crippen LogP contribution in [0.5, 0.6) is 11.5 Å². The van der Waals surface area contributed by atoms with E-state index in [9.17, 15) is 9.90 Å². The van der Waals surface area contributed by atoms with Crippen LogP contribution in [0.2, 0.25) is 0 Å². The zero-order valence-electron chi connectivity index (χ0n) is 18.0. The van der Waals surface area contributed by atoms with Crippen molar-refractivity contribution in [2.24, 2.45) is 0 Å². The largest absolute Gasteiger partial charge is 0.493 e. The van der Waals surface area contributed by atoms with Crippen molar-refractivity contribution in [2.45, 2.75) is 12.5 Å². The predicted octanol–water partition coefficient (Wildman–Crippen LogP) is 4.15. The van der Waals surface area contributed by atoms with Crippen LogP contribution in [0.4, 0.5) is 5.69 Å². The fraction of sp³-hybridized carbons (Fsp3) is 0.192. The number of benzene rings is 3. The first-order chi connectivity index (χ1) is 15.6. The number of aromatic amines is 1. The lowest BCUT2D eigenvalue weighted by Gasteiger charge is -2.24. The average Bonchev–Trinajstić information content (AvgIpc) is 3.27. The Morgan fingerprint density at radius 1 is 0.969 bits per heavy atom. The van der Waals surface area contributed by atoms with Gasteiger partial charge in [-0.3, -0.25) is 4.79 Å². The Hall–Kier alpha value is -3.77. The number of anilines is 1. The van der Waals surface area contributed by atoms with E-state index in [0.29, 0.717) is 28.3 Å². The van der Waals surface area contributed by atoms with Gasteiger partial charge < -0.3 is 24.5 Å². The van der Waals surface area contributed by atoms with Crippen molar-refractivity contribution in [1.29, 1.82) is 0 Å². The van der Waals surface area contributed by atoms with Crippen molar-refractivity contribution in [1.82, 2.24) is 4.98 Å². The molecular formula is C26H24N2O4. The summed E-state index contributed by atoms with van der Waals surface area (Å²) in [5, 5.41) is 12.8. The second kappa shape index (κ2) is 7.73. The number of para-hydroxylation sites is 4. The van der Waals surface area contributed by atoms with Crippen LogP contribution in [0.3, 0.4) is 0 Å². The van der Waals surface area contributed by atoms with E-state index >= 15 is 0 Å². The molecule has 162 valence electrons. The van der Waals surface area contributed by atoms with Crippen LogP contribution >= 0.6 is 0 Å². The Morgan fingerprint density at radius 2 is 1.66 bits per heavy atom. The maximum Gasteiger partial charge on any atom is 0.268 e. The average molecular weight is 428 g/mol. The van der Waals surface area contributed by atoms with Crippen LogP contribution in [-0.4, -0.2) is 36.3 Å². The van der Waals surface area contributed by atoms with Crippen molar-refractivity contribution in [3.05, 3.63) is 89.6 Å². The Balaban J connectivity index is 1.50. The van der Waals surface area contributed by atoms with Gasteiger partial charge in [0.1, 0.15) is 6.61 Å². The summed E-state index contributed by atoms with van der Waals surface area (Å²) < 4.78 is 11.2. The highest BCUT2D eigenvalue weighted by Crippen LogP contribution is 2.47. The van der Waals surface area contributed by atoms with Gasteiger partial charge in [0.05, 0.1) is 19.3 Å². The monoisotopic (exact) mass is 428 g/mol. The number of ether oxygens (including phenoxy) is 2. The number of H-pyrrole nitrogens is 1. The molecule has 1 amide bonds. The van der Waals surface area contributed by atoms with E-state index in [0.717, 1.165) is 16.6 Å². The van der Waals surface area contributed by atoms with Gasteiger partial charge >= 0.3 is 0 Å². The van der Waals surface area contributed by atoms with Gasteiger partial charge in [-0.1, -0.05) is 48.5 Å². The number of fused-ring (bicyclic) bond motifs is 2. The summed E-state index contributed by atoms with van der Waals surface area (Å²) in [5.41, 5.74) is 1.74. The highest BCUT2D eigenvalue weighted by Gasteiger charge is 2.52. The predicted molar refractivity (Wildman–Crippen MR) is 123 cm³/mol. The summed E-state index contributed by atoms with van der Waals surface area (Å²) in [6, 6.07) is 22.5. The topological polar surface area (TPSA) is 74.8 Å². The molecule has 2 heterocycles. The molecular weight excluding hydrogens is 404 g/mol. The Labute approximate surface area is 186 Å². The number of carbonyl (C=O) groups excluding carboxylic acids is 1. The third-order valence-electron chi connectivity index (χ3n) is 6.04. The van der Waals surface area contributed by atoms with Gasteiger partial charge in [0, 0.05) is 27.7 Å². The van der Waals surface area contributed by atoms with Crippen molar-refractivity contribution in [3.8, 4) is 11.5 Å². The fourth-order valence-corrected chi connectivity index (χ4v) is 4.63. The summed E-state index contributed by atoms with van der Waals surface area (Å²) in [4.78, 5) is 18.6. The Kier molecular flexibility index (Phi) is 4.87. The number of rotatable bonds is 6. The number of hydrogen-bond donors (Lipinski definition) is 2. The summed E-state index contributed by atoms with van der Waals surface area (Å²) in [5.74, 6) is 0.861. The van der Waals surface area contributed by atoms with Crippen LogP contribution in [0.15, 0.2) is 72.8 Å². The number of hydrogen-bond acceptors (Lipinski definition) is 4. The molecule has 2 N–H and O–H groups in total. The first kappa shape index (κ1) is 20.2. The number of amides is 1. The molecule has 0 fully saturated rings. The molecule has 0 radical (unpaired) electrons. The number of methoxy groups -OCH3 is 1. The molecule has 32 heavy (non-hydrogen) atoms. The first-order valence-electron chi connectivity index (χ1n) is 10.5. The minimum atomic E-state index is -1.77. The summed E-state index contributed by atoms with van der Waals surface area (Å²) in [6.45, 7) is 2.43. The van der Waals surface area contributed by atoms with Crippen LogP contribution in [0, 0.1) is 6.92 Å². The molecule has 0 unspecified atom stereocenters. The van der Waals surface area contributed by atoms with Gasteiger partial charge in [0.25, 0.3) is 5.91 Å². The van der Waals surface area contributed by atoms with Gasteiger partial charge in [-0.25, -0.2) is 0 Å². The molecule has 0 spiro atoms. The molecule has 0 saturated heterocycles. The third-order valence-corrected chi connectivity index (χ3v) is 6.04. The maximum atomic E-state index is 13.7. The highest BCUT2D eigenvalue weighted by molar-refractivity contribution is 6.11. The van der Waals surface area contributed by atoms with Crippen molar-refractivity contribution in [3.63, 3.8) is 0 Å². The van der Waals surface area contributed by atoms with Crippen LogP contribution in [0.25, 0.3) is 10.9 Å². The number of nitrogens with zero attached hydrogens (tertiary/aromatic N) is 1. The molecule has 0 bridgehead atoms. The van der Waals surface area contributed by atoms with E-state index in [1.807, 2.05) is 79.7 Å². The van der Waals surface area contributed by atoms with E-state index in [1.165, 1.54) is 0 Å². The molecule has 3 aromatic carbocycles. The highest BCUT2D eigenvalue weighted by atomic mass is 16.5. The van der Waals surface area contributed by atoms with E-state index in [4.69, 9.17) is 9.47 Å². The molecule has 0 aliphatic carbocycles. The smallest absolute Gasteiger partial charge is 0.268 e. The van der Waals surface area contributed by atoms with E-state index in [1.54, 1.807) is 12.0 Å². The Morgan fingerprint density at radius 3 is 2.47 bits per heavy atom. The lowest BCUT2D eigenvalue weighted by Crippen LogP contribution is -2.43. The van der Waals surface area contributed by atoms with E-state index < -0.39 is 5.60 Å². The number of aromatic nitrogens is 1. The molecule has 1 aromatic heterocycles. The van der Waals surface area contributed by atoms with Crippen LogP contribution in [0.1, 0.15) is 16.8 Å². The lowest BCUT2D eigenvalue weighted by atomic mass is 9.85. The van der Waals surface area contributed by atoms with Crippen molar-refractivity contribution >= 4 is 22.5 Å². The Bertz CT molecular complexity index is 1310. The minimum absolute atomic E-state index is 0.253. The zero-order valence-corrected chi connectivity index (χ0v) is 18.0. The van der Waals surface area contributed by atoms with Gasteiger partial charge in [0.2, 0.25) is 0 Å². The molecule has 4 aromatic rings. The molecule has 1 atom stereocenters. The number of nitrogens with one attached hydrogen (secondary N) is 1. The van der Waals surface area contributed by atoms with Gasteiger partial charge in [-0.05, 0) is 31.2 Å². The van der Waals surface area contributed by atoms with Crippen molar-refractivity contribution in [2.75, 3.05) is 25.2 Å². The number of aryl methyl sites for hydroxylation is 1. The van der Waals surface area contributed by atoms with Crippen LogP contribution in [-0.2, 0) is 10.4 Å². The maximum absolute atomic E-state index is 13.7. The van der Waals surface area contributed by atoms with Gasteiger partial charge in [-0.2, -0.15) is 0 Å². The number of aliphatic hydroxyl groups is 1. The molecule has 6 heteroatoms. The number of carbonyl (C=O) groups is 1. The molecule has 5 rings (SSSR count). The second-order valence-corrected chi connectivity index (χ2v) is 7.85. The normalized spacial score (nSPS) is 17.6. The molecule has 1 aliphatic rings. The van der Waals surface area contributed by atoms with Crippen molar-refractivity contribution < 1.29 is 19.4 Å². The summed E-state index contributed by atoms with van der Waals surface area (Å²) in [6.07, 6.45) is 0. The summed E-state index contributed by atoms with van der Waals surface area (Å²) >= 11 is 0. The SMILES string of the molecule is COc1ccccc1OCCN1C(=O)[C@@](O)(c2c(C)[nH]c3ccccc23)c2ccccc21. The fourth-order valence-electron chi connectivity index (χ4n) is 4.63. The van der Waals surface area contributed by atoms with Gasteiger partial charge in [-0.15, -0.1) is 0 Å². The van der Waals surface area contributed by atoms with Gasteiger partial charge in [0.15, 0.2) is 17.1 Å². The summed E-state index contributed by atoms with van der Waals surface area (Å²) in [7, 11) is 1.59. The first-order valence-corrected chi connectivity index (χ1v) is 10.5. The standard InChI is InChI=1S/C26H24N2O4/c1-17-24(18-9-3-5-11-20(18)27-17)26(30)19-10-4-6-12-21(19)28(25(26)29)15-16-32-23-14-8-7-13-22(23)31-2/h3-14,27,30H,15-16H2,1-2H3/t26-/m0/s1. The zero-order chi connectivity index (χ0) is 22.3. The molecule has 0 saturated carbocycles. The van der Waals surface area contributed by atoms with E-state index in [2.05, 4.69) is 4.98 Å². The van der Waals surface area contributed by atoms with Crippen LogP contribution < -0.4 is 14.4 Å². The third kappa shape index (κ3) is 2.95. The minimum Gasteiger partial charge on any atom is -0.493 e.